The van der Waals surface area contributed by atoms with Crippen LogP contribution >= 0.6 is 0 Å². The lowest BCUT2D eigenvalue weighted by Crippen LogP contribution is -2.42. The molecule has 4 bridgehead atoms. The van der Waals surface area contributed by atoms with E-state index in [0.717, 1.165) is 30.1 Å². The monoisotopic (exact) mass is 258 g/mol. The fourth-order valence-corrected chi connectivity index (χ4v) is 5.75. The Morgan fingerprint density at radius 1 is 1.00 bits per heavy atom. The van der Waals surface area contributed by atoms with Crippen LogP contribution in [0, 0.1) is 29.6 Å². The minimum absolute atomic E-state index is 0.278. The summed E-state index contributed by atoms with van der Waals surface area (Å²) in [5, 5.41) is 10.5. The molecule has 0 aliphatic heterocycles. The van der Waals surface area contributed by atoms with E-state index in [1.54, 1.807) is 11.1 Å². The first kappa shape index (κ1) is 12.2. The van der Waals surface area contributed by atoms with Gasteiger partial charge in [-0.15, -0.1) is 0 Å². The first-order valence-electron chi connectivity index (χ1n) is 8.14. The van der Waals surface area contributed by atoms with Crippen LogP contribution in [0.15, 0.2) is 23.3 Å². The second-order valence-electron chi connectivity index (χ2n) is 8.05. The zero-order valence-corrected chi connectivity index (χ0v) is 12.2. The van der Waals surface area contributed by atoms with Gasteiger partial charge in [0, 0.05) is 5.92 Å². The van der Waals surface area contributed by atoms with Crippen LogP contribution in [-0.2, 0) is 0 Å². The Balaban J connectivity index is 1.73. The van der Waals surface area contributed by atoms with Crippen LogP contribution in [0.5, 0.6) is 0 Å². The molecule has 5 aliphatic rings. The Kier molecular flexibility index (Phi) is 2.55. The summed E-state index contributed by atoms with van der Waals surface area (Å²) in [5.74, 6) is 4.08. The van der Waals surface area contributed by atoms with Gasteiger partial charge in [0.2, 0.25) is 0 Å². The Morgan fingerprint density at radius 2 is 1.58 bits per heavy atom. The van der Waals surface area contributed by atoms with Crippen molar-refractivity contribution in [1.82, 2.24) is 0 Å². The number of hydrogen-bond acceptors (Lipinski definition) is 1. The van der Waals surface area contributed by atoms with Crippen LogP contribution in [0.2, 0.25) is 0 Å². The van der Waals surface area contributed by atoms with E-state index in [1.807, 2.05) is 13.8 Å². The molecule has 0 unspecified atom stereocenters. The van der Waals surface area contributed by atoms with Gasteiger partial charge in [0.15, 0.2) is 0 Å². The molecule has 4 saturated carbocycles. The van der Waals surface area contributed by atoms with Crippen molar-refractivity contribution in [2.24, 2.45) is 29.6 Å². The molecule has 19 heavy (non-hydrogen) atoms. The van der Waals surface area contributed by atoms with Crippen molar-refractivity contribution in [3.63, 3.8) is 0 Å². The van der Waals surface area contributed by atoms with E-state index in [0.29, 0.717) is 0 Å². The van der Waals surface area contributed by atoms with Crippen LogP contribution in [0.4, 0.5) is 0 Å². The number of rotatable bonds is 1. The van der Waals surface area contributed by atoms with Gasteiger partial charge in [-0.1, -0.05) is 23.3 Å². The summed E-state index contributed by atoms with van der Waals surface area (Å²) >= 11 is 0. The Bertz CT molecular complexity index is 419. The Hall–Kier alpha value is -0.560. The predicted molar refractivity (Wildman–Crippen MR) is 77.6 cm³/mol. The van der Waals surface area contributed by atoms with Crippen molar-refractivity contribution in [2.45, 2.75) is 58.0 Å². The molecule has 1 nitrogen and oxygen atoms in total. The SMILES string of the molecule is CC(C)(O)[C@H]1C=CCC1=C1C2CC3CC(C2)CC1C3. The second-order valence-corrected chi connectivity index (χ2v) is 8.05. The van der Waals surface area contributed by atoms with Crippen molar-refractivity contribution in [2.75, 3.05) is 0 Å². The third-order valence-electron chi connectivity index (χ3n) is 6.19. The van der Waals surface area contributed by atoms with E-state index in [9.17, 15) is 5.11 Å². The van der Waals surface area contributed by atoms with Crippen LogP contribution in [-0.4, -0.2) is 10.7 Å². The molecule has 0 saturated heterocycles. The van der Waals surface area contributed by atoms with Crippen molar-refractivity contribution < 1.29 is 5.11 Å². The Morgan fingerprint density at radius 3 is 2.11 bits per heavy atom. The third kappa shape index (κ3) is 1.85. The molecular formula is C18H26O. The fourth-order valence-electron chi connectivity index (χ4n) is 5.75. The Labute approximate surface area is 116 Å². The summed E-state index contributed by atoms with van der Waals surface area (Å²) < 4.78 is 0. The molecule has 104 valence electrons. The lowest BCUT2D eigenvalue weighted by atomic mass is 9.53. The van der Waals surface area contributed by atoms with Gasteiger partial charge in [-0.25, -0.2) is 0 Å². The molecule has 0 amide bonds. The average Bonchev–Trinajstić information content (AvgIpc) is 2.76. The zero-order chi connectivity index (χ0) is 13.2. The highest BCUT2D eigenvalue weighted by Crippen LogP contribution is 2.58. The smallest absolute Gasteiger partial charge is 0.0691 e. The zero-order valence-electron chi connectivity index (χ0n) is 12.2. The maximum Gasteiger partial charge on any atom is 0.0691 e. The van der Waals surface area contributed by atoms with Crippen molar-refractivity contribution in [3.8, 4) is 0 Å². The molecule has 5 aliphatic carbocycles. The molecule has 0 spiro atoms. The van der Waals surface area contributed by atoms with Gasteiger partial charge in [0.25, 0.3) is 0 Å². The predicted octanol–water partition coefficient (Wildman–Crippen LogP) is 4.09. The maximum absolute atomic E-state index is 10.5. The summed E-state index contributed by atoms with van der Waals surface area (Å²) in [7, 11) is 0. The van der Waals surface area contributed by atoms with Gasteiger partial charge in [-0.3, -0.25) is 0 Å². The first-order valence-corrected chi connectivity index (χ1v) is 8.14. The fraction of sp³-hybridized carbons (Fsp3) is 0.778. The number of hydrogen-bond donors (Lipinski definition) is 1. The van der Waals surface area contributed by atoms with Crippen LogP contribution in [0.1, 0.15) is 52.4 Å². The minimum atomic E-state index is -0.593. The summed E-state index contributed by atoms with van der Waals surface area (Å²) in [4.78, 5) is 0. The van der Waals surface area contributed by atoms with Crippen LogP contribution in [0.3, 0.4) is 0 Å². The molecular weight excluding hydrogens is 232 g/mol. The van der Waals surface area contributed by atoms with E-state index in [1.165, 1.54) is 32.1 Å². The maximum atomic E-state index is 10.5. The molecule has 1 N–H and O–H groups in total. The molecule has 5 rings (SSSR count). The minimum Gasteiger partial charge on any atom is -0.390 e. The lowest BCUT2D eigenvalue weighted by molar-refractivity contribution is 0.0434. The summed E-state index contributed by atoms with van der Waals surface area (Å²) in [6.45, 7) is 3.95. The first-order chi connectivity index (χ1) is 9.02. The van der Waals surface area contributed by atoms with Crippen molar-refractivity contribution in [1.29, 1.82) is 0 Å². The average molecular weight is 258 g/mol. The highest BCUT2D eigenvalue weighted by atomic mass is 16.3. The standard InChI is InChI=1S/C18H26O/c1-18(2,19)16-5-3-4-15(16)17-13-7-11-6-12(9-13)10-14(17)8-11/h3,5,11-14,16,19H,4,6-10H2,1-2H3/t11?,12?,13?,14?,16-/m0/s1. The van der Waals surface area contributed by atoms with Gasteiger partial charge in [-0.05, 0) is 76.0 Å². The highest BCUT2D eigenvalue weighted by Gasteiger charge is 2.47. The van der Waals surface area contributed by atoms with Crippen LogP contribution < -0.4 is 0 Å². The van der Waals surface area contributed by atoms with Gasteiger partial charge < -0.3 is 5.11 Å². The molecule has 0 aromatic rings. The van der Waals surface area contributed by atoms with Gasteiger partial charge in [0.1, 0.15) is 0 Å². The second kappa shape index (κ2) is 3.97. The quantitative estimate of drug-likeness (QED) is 0.702. The van der Waals surface area contributed by atoms with Gasteiger partial charge >= 0.3 is 0 Å². The third-order valence-corrected chi connectivity index (χ3v) is 6.19. The van der Waals surface area contributed by atoms with E-state index in [2.05, 4.69) is 12.2 Å². The van der Waals surface area contributed by atoms with Crippen LogP contribution in [0.25, 0.3) is 0 Å². The van der Waals surface area contributed by atoms with Gasteiger partial charge in [-0.2, -0.15) is 0 Å². The molecule has 4 fully saturated rings. The molecule has 0 aromatic heterocycles. The highest BCUT2D eigenvalue weighted by molar-refractivity contribution is 5.36. The van der Waals surface area contributed by atoms with Crippen molar-refractivity contribution in [3.05, 3.63) is 23.3 Å². The molecule has 1 atom stereocenters. The molecule has 0 radical (unpaired) electrons. The molecule has 1 heteroatoms. The number of allylic oxidation sites excluding steroid dienone is 2. The lowest BCUT2D eigenvalue weighted by Gasteiger charge is -2.52. The number of aliphatic hydroxyl groups is 1. The summed E-state index contributed by atoms with van der Waals surface area (Å²) in [6, 6.07) is 0. The van der Waals surface area contributed by atoms with E-state index in [4.69, 9.17) is 0 Å². The van der Waals surface area contributed by atoms with Crippen molar-refractivity contribution >= 4 is 0 Å². The van der Waals surface area contributed by atoms with E-state index >= 15 is 0 Å². The topological polar surface area (TPSA) is 20.2 Å². The largest absolute Gasteiger partial charge is 0.390 e. The normalized spacial score (nSPS) is 44.5. The van der Waals surface area contributed by atoms with Gasteiger partial charge in [0.05, 0.1) is 5.60 Å². The molecule has 0 aromatic carbocycles. The van der Waals surface area contributed by atoms with E-state index < -0.39 is 5.60 Å². The summed E-state index contributed by atoms with van der Waals surface area (Å²) in [6.07, 6.45) is 13.0. The van der Waals surface area contributed by atoms with E-state index in [-0.39, 0.29) is 5.92 Å². The molecule has 0 heterocycles. The summed E-state index contributed by atoms with van der Waals surface area (Å²) in [5.41, 5.74) is 2.80.